The van der Waals surface area contributed by atoms with Crippen LogP contribution in [0.3, 0.4) is 0 Å². The standard InChI is InChI=1S/C21H24N2O4/c1-15-14-16(22-11-6-7-12-22)9-10-18(15)23-13-5-4-8-17(20(24)26-2)19(23)21(25)27-3/h4-5,8-10,13-14H,6-7,11-12H2,1-3H3. The number of nitrogens with zero attached hydrogens (tertiary/aromatic N) is 2. The number of allylic oxidation sites excluding steroid dienone is 2. The molecule has 6 nitrogen and oxygen atoms in total. The zero-order chi connectivity index (χ0) is 19.4. The number of benzene rings is 1. The van der Waals surface area contributed by atoms with Gasteiger partial charge in [-0.2, -0.15) is 0 Å². The minimum atomic E-state index is -0.602. The van der Waals surface area contributed by atoms with Crippen molar-refractivity contribution in [1.82, 2.24) is 0 Å². The number of esters is 2. The van der Waals surface area contributed by atoms with E-state index in [4.69, 9.17) is 9.47 Å². The molecular formula is C21H24N2O4. The summed E-state index contributed by atoms with van der Waals surface area (Å²) in [7, 11) is 2.58. The van der Waals surface area contributed by atoms with Crippen molar-refractivity contribution in [2.45, 2.75) is 19.8 Å². The second kappa shape index (κ2) is 8.12. The molecule has 0 atom stereocenters. The predicted octanol–water partition coefficient (Wildman–Crippen LogP) is 3.09. The number of methoxy groups -OCH3 is 2. The van der Waals surface area contributed by atoms with E-state index in [0.717, 1.165) is 24.3 Å². The van der Waals surface area contributed by atoms with Crippen molar-refractivity contribution in [1.29, 1.82) is 0 Å². The van der Waals surface area contributed by atoms with E-state index in [1.165, 1.54) is 32.7 Å². The van der Waals surface area contributed by atoms with Gasteiger partial charge in [-0.25, -0.2) is 9.59 Å². The lowest BCUT2D eigenvalue weighted by atomic mass is 10.1. The highest BCUT2D eigenvalue weighted by Gasteiger charge is 2.28. The molecule has 0 spiro atoms. The van der Waals surface area contributed by atoms with Crippen molar-refractivity contribution in [3.63, 3.8) is 0 Å². The van der Waals surface area contributed by atoms with E-state index < -0.39 is 11.9 Å². The monoisotopic (exact) mass is 368 g/mol. The first-order valence-electron chi connectivity index (χ1n) is 8.97. The van der Waals surface area contributed by atoms with Crippen LogP contribution in [0.1, 0.15) is 18.4 Å². The lowest BCUT2D eigenvalue weighted by Crippen LogP contribution is -2.27. The number of hydrogen-bond acceptors (Lipinski definition) is 6. The number of ether oxygens (including phenoxy) is 2. The van der Waals surface area contributed by atoms with Crippen LogP contribution in [0, 0.1) is 6.92 Å². The summed E-state index contributed by atoms with van der Waals surface area (Å²) in [6.07, 6.45) is 9.19. The third-order valence-electron chi connectivity index (χ3n) is 4.80. The number of rotatable bonds is 4. The highest BCUT2D eigenvalue weighted by molar-refractivity contribution is 6.05. The van der Waals surface area contributed by atoms with E-state index in [9.17, 15) is 9.59 Å². The molecule has 2 aliphatic rings. The Morgan fingerprint density at radius 2 is 1.70 bits per heavy atom. The van der Waals surface area contributed by atoms with Crippen LogP contribution in [0.4, 0.5) is 11.4 Å². The summed E-state index contributed by atoms with van der Waals surface area (Å²) in [6.45, 7) is 4.12. The van der Waals surface area contributed by atoms with Gasteiger partial charge in [0.15, 0.2) is 0 Å². The third kappa shape index (κ3) is 3.74. The van der Waals surface area contributed by atoms with E-state index in [0.29, 0.717) is 0 Å². The van der Waals surface area contributed by atoms with E-state index in [1.807, 2.05) is 19.1 Å². The summed E-state index contributed by atoms with van der Waals surface area (Å²) in [4.78, 5) is 28.8. The molecule has 0 bridgehead atoms. The maximum Gasteiger partial charge on any atom is 0.355 e. The summed E-state index contributed by atoms with van der Waals surface area (Å²) >= 11 is 0. The minimum Gasteiger partial charge on any atom is -0.465 e. The number of carbonyl (C=O) groups is 2. The topological polar surface area (TPSA) is 59.1 Å². The van der Waals surface area contributed by atoms with Gasteiger partial charge in [0, 0.05) is 30.7 Å². The number of carbonyl (C=O) groups excluding carboxylic acids is 2. The maximum absolute atomic E-state index is 12.5. The summed E-state index contributed by atoms with van der Waals surface area (Å²) in [6, 6.07) is 6.13. The predicted molar refractivity (Wildman–Crippen MR) is 104 cm³/mol. The molecule has 0 radical (unpaired) electrons. The molecule has 3 rings (SSSR count). The van der Waals surface area contributed by atoms with Gasteiger partial charge < -0.3 is 19.3 Å². The van der Waals surface area contributed by atoms with E-state index in [-0.39, 0.29) is 11.3 Å². The Hall–Kier alpha value is -3.02. The lowest BCUT2D eigenvalue weighted by molar-refractivity contribution is -0.139. The largest absolute Gasteiger partial charge is 0.465 e. The molecule has 0 amide bonds. The second-order valence-corrected chi connectivity index (χ2v) is 6.48. The van der Waals surface area contributed by atoms with Crippen molar-refractivity contribution in [2.75, 3.05) is 37.1 Å². The molecule has 2 heterocycles. The zero-order valence-corrected chi connectivity index (χ0v) is 15.9. The van der Waals surface area contributed by atoms with Crippen LogP contribution in [0.15, 0.2) is 53.9 Å². The molecule has 1 aromatic rings. The lowest BCUT2D eigenvalue weighted by Gasteiger charge is -2.26. The van der Waals surface area contributed by atoms with Crippen LogP contribution < -0.4 is 9.80 Å². The first-order valence-corrected chi connectivity index (χ1v) is 8.97. The summed E-state index contributed by atoms with van der Waals surface area (Å²) < 4.78 is 9.80. The minimum absolute atomic E-state index is 0.131. The molecule has 2 aliphatic heterocycles. The van der Waals surface area contributed by atoms with Crippen molar-refractivity contribution >= 4 is 23.3 Å². The van der Waals surface area contributed by atoms with E-state index >= 15 is 0 Å². The average Bonchev–Trinajstić information content (AvgIpc) is 3.13. The second-order valence-electron chi connectivity index (χ2n) is 6.48. The van der Waals surface area contributed by atoms with Crippen molar-refractivity contribution in [3.8, 4) is 0 Å². The third-order valence-corrected chi connectivity index (χ3v) is 4.80. The molecule has 0 aromatic heterocycles. The summed E-state index contributed by atoms with van der Waals surface area (Å²) in [5.41, 5.74) is 3.25. The van der Waals surface area contributed by atoms with Crippen molar-refractivity contribution in [2.24, 2.45) is 0 Å². The fourth-order valence-electron chi connectivity index (χ4n) is 3.43. The van der Waals surface area contributed by atoms with Crippen molar-refractivity contribution < 1.29 is 19.1 Å². The highest BCUT2D eigenvalue weighted by Crippen LogP contribution is 2.32. The number of aryl methyl sites for hydroxylation is 1. The molecule has 27 heavy (non-hydrogen) atoms. The van der Waals surface area contributed by atoms with E-state index in [1.54, 1.807) is 29.3 Å². The molecule has 1 fully saturated rings. The Bertz CT molecular complexity index is 833. The zero-order valence-electron chi connectivity index (χ0n) is 15.9. The fourth-order valence-corrected chi connectivity index (χ4v) is 3.43. The first-order chi connectivity index (χ1) is 13.1. The van der Waals surface area contributed by atoms with Gasteiger partial charge in [0.1, 0.15) is 5.70 Å². The van der Waals surface area contributed by atoms with Gasteiger partial charge in [0.25, 0.3) is 0 Å². The summed E-state index contributed by atoms with van der Waals surface area (Å²) in [5.74, 6) is -1.19. The first kappa shape index (κ1) is 18.8. The van der Waals surface area contributed by atoms with Gasteiger partial charge in [-0.05, 0) is 55.7 Å². The molecular weight excluding hydrogens is 344 g/mol. The molecule has 1 aromatic carbocycles. The molecule has 0 aliphatic carbocycles. The van der Waals surface area contributed by atoms with Crippen LogP contribution in [0.2, 0.25) is 0 Å². The smallest absolute Gasteiger partial charge is 0.355 e. The van der Waals surface area contributed by atoms with Gasteiger partial charge in [-0.15, -0.1) is 0 Å². The molecule has 6 heteroatoms. The number of anilines is 2. The number of hydrogen-bond donors (Lipinski definition) is 0. The molecule has 0 unspecified atom stereocenters. The van der Waals surface area contributed by atoms with E-state index in [2.05, 4.69) is 11.0 Å². The normalized spacial score (nSPS) is 16.6. The Kier molecular flexibility index (Phi) is 5.64. The quantitative estimate of drug-likeness (QED) is 0.761. The average molecular weight is 368 g/mol. The van der Waals surface area contributed by atoms with Gasteiger partial charge in [0.05, 0.1) is 19.8 Å². The molecule has 0 N–H and O–H groups in total. The van der Waals surface area contributed by atoms with Crippen LogP contribution >= 0.6 is 0 Å². The Labute approximate surface area is 159 Å². The fraction of sp³-hybridized carbons (Fsp3) is 0.333. The van der Waals surface area contributed by atoms with Gasteiger partial charge >= 0.3 is 11.9 Å². The van der Waals surface area contributed by atoms with Gasteiger partial charge in [-0.1, -0.05) is 6.08 Å². The van der Waals surface area contributed by atoms with Gasteiger partial charge in [0.2, 0.25) is 0 Å². The molecule has 1 saturated heterocycles. The van der Waals surface area contributed by atoms with Gasteiger partial charge in [-0.3, -0.25) is 0 Å². The SMILES string of the molecule is COC(=O)C1=C(C(=O)OC)N(c2ccc(N3CCCC3)cc2C)C=CC=C1. The summed E-state index contributed by atoms with van der Waals surface area (Å²) in [5, 5.41) is 0. The Morgan fingerprint density at radius 3 is 2.33 bits per heavy atom. The van der Waals surface area contributed by atoms with Crippen LogP contribution in [-0.2, 0) is 19.1 Å². The van der Waals surface area contributed by atoms with Crippen LogP contribution in [0.25, 0.3) is 0 Å². The Balaban J connectivity index is 2.07. The Morgan fingerprint density at radius 1 is 1.00 bits per heavy atom. The van der Waals surface area contributed by atoms with Crippen LogP contribution in [-0.4, -0.2) is 39.2 Å². The van der Waals surface area contributed by atoms with Crippen molar-refractivity contribution in [3.05, 3.63) is 59.5 Å². The highest BCUT2D eigenvalue weighted by atomic mass is 16.5. The molecule has 0 saturated carbocycles. The maximum atomic E-state index is 12.5. The van der Waals surface area contributed by atoms with Crippen LogP contribution in [0.5, 0.6) is 0 Å². The molecule has 142 valence electrons.